The first-order valence-corrected chi connectivity index (χ1v) is 7.43. The second-order valence-electron chi connectivity index (χ2n) is 5.00. The van der Waals surface area contributed by atoms with Gasteiger partial charge >= 0.3 is 5.97 Å². The maximum Gasteiger partial charge on any atom is 0.337 e. The minimum atomic E-state index is -0.452. The summed E-state index contributed by atoms with van der Waals surface area (Å²) in [6.45, 7) is 1.77. The van der Waals surface area contributed by atoms with Crippen LogP contribution in [-0.2, 0) is 9.53 Å². The van der Waals surface area contributed by atoms with Crippen molar-refractivity contribution in [1.29, 1.82) is 0 Å². The molecule has 0 atom stereocenters. The van der Waals surface area contributed by atoms with Gasteiger partial charge in [-0.05, 0) is 48.5 Å². The van der Waals surface area contributed by atoms with Crippen molar-refractivity contribution >= 4 is 29.2 Å². The monoisotopic (exact) mass is 326 g/mol. The molecule has 124 valence electrons. The minimum Gasteiger partial charge on any atom is -0.465 e. The first-order chi connectivity index (χ1) is 11.5. The van der Waals surface area contributed by atoms with Crippen molar-refractivity contribution in [2.24, 2.45) is 0 Å². The molecule has 0 saturated carbocycles. The molecular formula is C18H18N2O4. The molecule has 0 bridgehead atoms. The van der Waals surface area contributed by atoms with Gasteiger partial charge in [-0.15, -0.1) is 0 Å². The molecule has 0 fully saturated rings. The van der Waals surface area contributed by atoms with Crippen LogP contribution in [0.4, 0.5) is 11.4 Å². The number of hydrogen-bond donors (Lipinski definition) is 2. The quantitative estimate of drug-likeness (QED) is 0.827. The summed E-state index contributed by atoms with van der Waals surface area (Å²) in [5, 5.41) is 5.48. The first kappa shape index (κ1) is 17.2. The van der Waals surface area contributed by atoms with E-state index in [9.17, 15) is 14.4 Å². The van der Waals surface area contributed by atoms with Gasteiger partial charge < -0.3 is 15.4 Å². The Balaban J connectivity index is 2.01. The van der Waals surface area contributed by atoms with Crippen LogP contribution in [0.3, 0.4) is 0 Å². The molecule has 2 N–H and O–H groups in total. The number of carbonyl (C=O) groups excluding carboxylic acids is 3. The average molecular weight is 326 g/mol. The molecule has 0 aliphatic rings. The zero-order valence-corrected chi connectivity index (χ0v) is 13.5. The molecular weight excluding hydrogens is 308 g/mol. The zero-order chi connectivity index (χ0) is 17.5. The fraction of sp³-hybridized carbons (Fsp3) is 0.167. The Hall–Kier alpha value is -3.15. The van der Waals surface area contributed by atoms with Crippen LogP contribution in [-0.4, -0.2) is 24.9 Å². The van der Waals surface area contributed by atoms with Crippen LogP contribution < -0.4 is 10.6 Å². The van der Waals surface area contributed by atoms with E-state index >= 15 is 0 Å². The molecule has 6 heteroatoms. The van der Waals surface area contributed by atoms with Crippen molar-refractivity contribution in [3.8, 4) is 0 Å². The standard InChI is InChI=1S/C18H18N2O4/c1-3-16(21)19-14-8-10-15(11-9-14)20-17(22)12-4-6-13(7-5-12)18(23)24-2/h4-11H,3H2,1-2H3,(H,19,21)(H,20,22). The first-order valence-electron chi connectivity index (χ1n) is 7.43. The van der Waals surface area contributed by atoms with E-state index in [-0.39, 0.29) is 11.8 Å². The van der Waals surface area contributed by atoms with E-state index in [4.69, 9.17) is 0 Å². The maximum absolute atomic E-state index is 12.2. The molecule has 24 heavy (non-hydrogen) atoms. The predicted octanol–water partition coefficient (Wildman–Crippen LogP) is 3.07. The highest BCUT2D eigenvalue weighted by atomic mass is 16.5. The topological polar surface area (TPSA) is 84.5 Å². The Morgan fingerprint density at radius 3 is 1.83 bits per heavy atom. The van der Waals surface area contributed by atoms with Gasteiger partial charge in [-0.3, -0.25) is 9.59 Å². The molecule has 0 radical (unpaired) electrons. The number of esters is 1. The third kappa shape index (κ3) is 4.42. The highest BCUT2D eigenvalue weighted by Gasteiger charge is 2.09. The molecule has 0 unspecified atom stereocenters. The summed E-state index contributed by atoms with van der Waals surface area (Å²) in [6, 6.07) is 13.0. The molecule has 0 spiro atoms. The number of ether oxygens (including phenoxy) is 1. The molecule has 0 aliphatic heterocycles. The van der Waals surface area contributed by atoms with Gasteiger partial charge in [-0.2, -0.15) is 0 Å². The summed E-state index contributed by atoms with van der Waals surface area (Å²) < 4.78 is 4.61. The smallest absolute Gasteiger partial charge is 0.337 e. The molecule has 0 aliphatic carbocycles. The van der Waals surface area contributed by atoms with Crippen LogP contribution in [0.2, 0.25) is 0 Å². The lowest BCUT2D eigenvalue weighted by Crippen LogP contribution is -2.13. The molecule has 0 heterocycles. The lowest BCUT2D eigenvalue weighted by atomic mass is 10.1. The highest BCUT2D eigenvalue weighted by Crippen LogP contribution is 2.15. The third-order valence-corrected chi connectivity index (χ3v) is 3.32. The Kier molecular flexibility index (Phi) is 5.68. The van der Waals surface area contributed by atoms with Gasteiger partial charge in [0.2, 0.25) is 5.91 Å². The van der Waals surface area contributed by atoms with Crippen LogP contribution >= 0.6 is 0 Å². The zero-order valence-electron chi connectivity index (χ0n) is 13.5. The van der Waals surface area contributed by atoms with Crippen molar-refractivity contribution in [2.45, 2.75) is 13.3 Å². The number of hydrogen-bond acceptors (Lipinski definition) is 4. The Labute approximate surface area is 139 Å². The number of rotatable bonds is 5. The van der Waals surface area contributed by atoms with Crippen molar-refractivity contribution in [1.82, 2.24) is 0 Å². The van der Waals surface area contributed by atoms with E-state index in [1.54, 1.807) is 43.3 Å². The Bertz CT molecular complexity index is 737. The van der Waals surface area contributed by atoms with Gasteiger partial charge in [0.15, 0.2) is 0 Å². The average Bonchev–Trinajstić information content (AvgIpc) is 2.62. The van der Waals surface area contributed by atoms with Gasteiger partial charge in [-0.1, -0.05) is 6.92 Å². The number of amides is 2. The fourth-order valence-corrected chi connectivity index (χ4v) is 1.97. The molecule has 2 aromatic rings. The van der Waals surface area contributed by atoms with Crippen LogP contribution in [0.15, 0.2) is 48.5 Å². The second-order valence-corrected chi connectivity index (χ2v) is 5.00. The predicted molar refractivity (Wildman–Crippen MR) is 91.1 cm³/mol. The van der Waals surface area contributed by atoms with Crippen LogP contribution in [0.5, 0.6) is 0 Å². The van der Waals surface area contributed by atoms with E-state index in [0.717, 1.165) is 0 Å². The summed E-state index contributed by atoms with van der Waals surface area (Å²) >= 11 is 0. The van der Waals surface area contributed by atoms with E-state index in [2.05, 4.69) is 15.4 Å². The Morgan fingerprint density at radius 1 is 0.833 bits per heavy atom. The normalized spacial score (nSPS) is 9.92. The lowest BCUT2D eigenvalue weighted by Gasteiger charge is -2.08. The van der Waals surface area contributed by atoms with Crippen molar-refractivity contribution in [3.05, 3.63) is 59.7 Å². The molecule has 0 aromatic heterocycles. The van der Waals surface area contributed by atoms with E-state index in [1.807, 2.05) is 0 Å². The van der Waals surface area contributed by atoms with E-state index in [0.29, 0.717) is 28.9 Å². The molecule has 6 nitrogen and oxygen atoms in total. The largest absolute Gasteiger partial charge is 0.465 e. The van der Waals surface area contributed by atoms with Crippen molar-refractivity contribution in [3.63, 3.8) is 0 Å². The van der Waals surface area contributed by atoms with Crippen LogP contribution in [0, 0.1) is 0 Å². The number of anilines is 2. The molecule has 2 amide bonds. The third-order valence-electron chi connectivity index (χ3n) is 3.32. The summed E-state index contributed by atoms with van der Waals surface area (Å²) in [6.07, 6.45) is 0.403. The Morgan fingerprint density at radius 2 is 1.33 bits per heavy atom. The van der Waals surface area contributed by atoms with Gasteiger partial charge in [0.25, 0.3) is 5.91 Å². The molecule has 2 aromatic carbocycles. The minimum absolute atomic E-state index is 0.0718. The summed E-state index contributed by atoms with van der Waals surface area (Å²) in [5.41, 5.74) is 2.07. The number of nitrogens with one attached hydrogen (secondary N) is 2. The SMILES string of the molecule is CCC(=O)Nc1ccc(NC(=O)c2ccc(C(=O)OC)cc2)cc1. The van der Waals surface area contributed by atoms with Crippen molar-refractivity contribution < 1.29 is 19.1 Å². The highest BCUT2D eigenvalue weighted by molar-refractivity contribution is 6.05. The van der Waals surface area contributed by atoms with Gasteiger partial charge in [0.1, 0.15) is 0 Å². The maximum atomic E-state index is 12.2. The fourth-order valence-electron chi connectivity index (χ4n) is 1.97. The number of methoxy groups -OCH3 is 1. The summed E-state index contributed by atoms with van der Waals surface area (Å²) in [5.74, 6) is -0.819. The van der Waals surface area contributed by atoms with Crippen molar-refractivity contribution in [2.75, 3.05) is 17.7 Å². The van der Waals surface area contributed by atoms with Crippen LogP contribution in [0.1, 0.15) is 34.1 Å². The van der Waals surface area contributed by atoms with Gasteiger partial charge in [0, 0.05) is 23.4 Å². The summed E-state index contributed by atoms with van der Waals surface area (Å²) in [4.78, 5) is 34.9. The van der Waals surface area contributed by atoms with Crippen LogP contribution in [0.25, 0.3) is 0 Å². The molecule has 0 saturated heterocycles. The molecule has 2 rings (SSSR count). The van der Waals surface area contributed by atoms with Gasteiger partial charge in [-0.25, -0.2) is 4.79 Å². The second kappa shape index (κ2) is 7.92. The van der Waals surface area contributed by atoms with E-state index in [1.165, 1.54) is 19.2 Å². The lowest BCUT2D eigenvalue weighted by molar-refractivity contribution is -0.115. The number of benzene rings is 2. The van der Waals surface area contributed by atoms with E-state index < -0.39 is 5.97 Å². The number of carbonyl (C=O) groups is 3. The van der Waals surface area contributed by atoms with Gasteiger partial charge in [0.05, 0.1) is 12.7 Å². The summed E-state index contributed by atoms with van der Waals surface area (Å²) in [7, 11) is 1.30.